The molecule has 1 N–H and O–H groups in total. The van der Waals surface area contributed by atoms with E-state index in [9.17, 15) is 14.7 Å². The van der Waals surface area contributed by atoms with Crippen molar-refractivity contribution in [2.45, 2.75) is 88.8 Å². The van der Waals surface area contributed by atoms with Gasteiger partial charge in [-0.1, -0.05) is 35.9 Å². The van der Waals surface area contributed by atoms with Crippen LogP contribution in [0.5, 0.6) is 5.75 Å². The molecule has 3 aliphatic rings. The lowest BCUT2D eigenvalue weighted by Crippen LogP contribution is -2.46. The van der Waals surface area contributed by atoms with E-state index in [4.69, 9.17) is 25.8 Å². The van der Waals surface area contributed by atoms with E-state index in [1.807, 2.05) is 24.3 Å². The number of hydrogen-bond acceptors (Lipinski definition) is 7. The van der Waals surface area contributed by atoms with Crippen molar-refractivity contribution in [3.63, 3.8) is 0 Å². The van der Waals surface area contributed by atoms with Crippen LogP contribution in [0.2, 0.25) is 5.02 Å². The zero-order chi connectivity index (χ0) is 33.0. The Hall–Kier alpha value is -3.07. The number of carbonyl (C=O) groups excluding carboxylic acids is 2. The summed E-state index contributed by atoms with van der Waals surface area (Å²) in [6.45, 7) is 7.47. The quantitative estimate of drug-likeness (QED) is 0.305. The summed E-state index contributed by atoms with van der Waals surface area (Å²) < 4.78 is 17.8. The molecular formula is C37H49ClN2O6. The normalized spacial score (nSPS) is 25.0. The molecule has 1 aliphatic carbocycles. The Balaban J connectivity index is 1.50. The number of amides is 1. The number of rotatable bonds is 4. The van der Waals surface area contributed by atoms with E-state index < -0.39 is 17.2 Å². The molecule has 46 heavy (non-hydrogen) atoms. The highest BCUT2D eigenvalue weighted by atomic mass is 35.5. The third-order valence-corrected chi connectivity index (χ3v) is 9.51. The van der Waals surface area contributed by atoms with Crippen LogP contribution in [-0.4, -0.2) is 74.0 Å². The first-order valence-corrected chi connectivity index (χ1v) is 17.0. The zero-order valence-electron chi connectivity index (χ0n) is 27.8. The predicted molar refractivity (Wildman–Crippen MR) is 181 cm³/mol. The maximum Gasteiger partial charge on any atom is 0.332 e. The van der Waals surface area contributed by atoms with Gasteiger partial charge in [0.05, 0.1) is 25.3 Å². The Morgan fingerprint density at radius 3 is 2.67 bits per heavy atom. The van der Waals surface area contributed by atoms with Gasteiger partial charge < -0.3 is 29.1 Å². The van der Waals surface area contributed by atoms with Crippen LogP contribution in [0, 0.1) is 0 Å². The number of carbonyl (C=O) groups is 2. The minimum atomic E-state index is -1.68. The standard InChI is InChI=1S/C37H49ClN2O6/c1-35(2,3)46-34(42)23-44-26-37(43)22-33(41)39(4)18-9-7-5-6-8-10-19-40-24-36(25-45-32-16-13-28(37)21-31(32)40)17-11-12-27-20-29(38)14-15-30(27)36/h5,7,13-16,20-21,43H,6,8-12,17-19,22-26H2,1-4H3/b7-5+/t36-,37+/m0/s1. The minimum absolute atomic E-state index is 0.195. The second-order valence-electron chi connectivity index (χ2n) is 14.2. The molecule has 0 saturated carbocycles. The molecule has 1 spiro atoms. The van der Waals surface area contributed by atoms with E-state index in [-0.39, 0.29) is 31.0 Å². The van der Waals surface area contributed by atoms with Crippen LogP contribution < -0.4 is 9.64 Å². The van der Waals surface area contributed by atoms with Gasteiger partial charge in [0.25, 0.3) is 0 Å². The SMILES string of the molecule is CN1CC/C=C/CCCCN2C[C@@]3(CCCc4cc(Cl)ccc43)COc3ccc(cc32)[C@](O)(COCC(=O)OC(C)(C)C)CC1=O. The van der Waals surface area contributed by atoms with Crippen LogP contribution in [0.4, 0.5) is 5.69 Å². The van der Waals surface area contributed by atoms with Crippen molar-refractivity contribution in [2.75, 3.05) is 51.4 Å². The number of hydrogen-bond donors (Lipinski definition) is 1. The number of aryl methyl sites for hydroxylation is 1. The Morgan fingerprint density at radius 2 is 1.87 bits per heavy atom. The third-order valence-electron chi connectivity index (χ3n) is 9.27. The number of nitrogens with zero attached hydrogens (tertiary/aromatic N) is 2. The summed E-state index contributed by atoms with van der Waals surface area (Å²) in [6.07, 6.45) is 11.0. The van der Waals surface area contributed by atoms with Gasteiger partial charge in [-0.05, 0) is 107 Å². The second-order valence-corrected chi connectivity index (χ2v) is 14.6. The van der Waals surface area contributed by atoms with Crippen LogP contribution in [-0.2, 0) is 36.5 Å². The molecule has 5 rings (SSSR count). The molecule has 0 radical (unpaired) electrons. The van der Waals surface area contributed by atoms with Gasteiger partial charge in [0.1, 0.15) is 23.6 Å². The van der Waals surface area contributed by atoms with Gasteiger partial charge in [-0.2, -0.15) is 0 Å². The Kier molecular flexibility index (Phi) is 10.7. The Morgan fingerprint density at radius 1 is 1.07 bits per heavy atom. The van der Waals surface area contributed by atoms with Crippen LogP contribution in [0.3, 0.4) is 0 Å². The van der Waals surface area contributed by atoms with Gasteiger partial charge in [0.15, 0.2) is 0 Å². The van der Waals surface area contributed by atoms with Gasteiger partial charge in [-0.15, -0.1) is 0 Å². The Labute approximate surface area is 278 Å². The van der Waals surface area contributed by atoms with Gasteiger partial charge in [-0.3, -0.25) is 4.79 Å². The predicted octanol–water partition coefficient (Wildman–Crippen LogP) is 6.34. The number of allylic oxidation sites excluding steroid dienone is 1. The van der Waals surface area contributed by atoms with E-state index in [2.05, 4.69) is 29.2 Å². The topological polar surface area (TPSA) is 88.5 Å². The van der Waals surface area contributed by atoms with Gasteiger partial charge in [0.2, 0.25) is 5.91 Å². The van der Waals surface area contributed by atoms with Crippen molar-refractivity contribution in [3.8, 4) is 5.75 Å². The number of aliphatic hydroxyl groups is 1. The highest BCUT2D eigenvalue weighted by Crippen LogP contribution is 2.45. The number of anilines is 1. The smallest absolute Gasteiger partial charge is 0.332 e. The molecule has 0 saturated heterocycles. The first kappa shape index (κ1) is 34.3. The summed E-state index contributed by atoms with van der Waals surface area (Å²) in [4.78, 5) is 29.9. The molecule has 1 amide bonds. The van der Waals surface area contributed by atoms with E-state index >= 15 is 0 Å². The number of fused-ring (bicyclic) bond motifs is 3. The summed E-state index contributed by atoms with van der Waals surface area (Å²) in [5, 5.41) is 13.0. The van der Waals surface area contributed by atoms with Crippen molar-refractivity contribution in [1.82, 2.24) is 4.90 Å². The molecule has 9 heteroatoms. The summed E-state index contributed by atoms with van der Waals surface area (Å²) in [5.74, 6) is 0.0203. The Bertz CT molecular complexity index is 1440. The van der Waals surface area contributed by atoms with Crippen LogP contribution >= 0.6 is 11.6 Å². The largest absolute Gasteiger partial charge is 0.490 e. The maximum absolute atomic E-state index is 13.4. The number of esters is 1. The van der Waals surface area contributed by atoms with Crippen molar-refractivity contribution in [2.24, 2.45) is 0 Å². The van der Waals surface area contributed by atoms with Crippen LogP contribution in [0.15, 0.2) is 48.6 Å². The molecule has 8 nitrogen and oxygen atoms in total. The number of ether oxygens (including phenoxy) is 3. The number of halogens is 1. The molecule has 2 bridgehead atoms. The van der Waals surface area contributed by atoms with Crippen LogP contribution in [0.1, 0.15) is 82.4 Å². The average Bonchev–Trinajstić information content (AvgIpc) is 3.14. The molecule has 2 heterocycles. The highest BCUT2D eigenvalue weighted by Gasteiger charge is 2.42. The molecule has 2 aromatic carbocycles. The van der Waals surface area contributed by atoms with E-state index in [0.717, 1.165) is 74.5 Å². The lowest BCUT2D eigenvalue weighted by molar-refractivity contribution is -0.163. The molecule has 2 atom stereocenters. The van der Waals surface area contributed by atoms with Gasteiger partial charge in [0, 0.05) is 37.1 Å². The lowest BCUT2D eigenvalue weighted by Gasteiger charge is -2.41. The summed E-state index contributed by atoms with van der Waals surface area (Å²) >= 11 is 6.42. The molecule has 0 aromatic heterocycles. The van der Waals surface area contributed by atoms with Gasteiger partial charge >= 0.3 is 5.97 Å². The van der Waals surface area contributed by atoms with E-state index in [0.29, 0.717) is 18.7 Å². The third kappa shape index (κ3) is 8.25. The fourth-order valence-corrected chi connectivity index (χ4v) is 7.12. The van der Waals surface area contributed by atoms with E-state index in [1.165, 1.54) is 11.1 Å². The fourth-order valence-electron chi connectivity index (χ4n) is 6.93. The number of benzene rings is 2. The van der Waals surface area contributed by atoms with Crippen molar-refractivity contribution >= 4 is 29.2 Å². The molecule has 250 valence electrons. The van der Waals surface area contributed by atoms with Crippen LogP contribution in [0.25, 0.3) is 0 Å². The maximum atomic E-state index is 13.4. The monoisotopic (exact) mass is 652 g/mol. The second kappa shape index (κ2) is 14.4. The molecule has 2 aromatic rings. The average molecular weight is 653 g/mol. The minimum Gasteiger partial charge on any atom is -0.490 e. The molecule has 0 fully saturated rings. The van der Waals surface area contributed by atoms with E-state index in [1.54, 1.807) is 32.7 Å². The summed E-state index contributed by atoms with van der Waals surface area (Å²) in [6, 6.07) is 11.9. The zero-order valence-corrected chi connectivity index (χ0v) is 28.5. The van der Waals surface area contributed by atoms with Crippen molar-refractivity contribution in [1.29, 1.82) is 0 Å². The summed E-state index contributed by atoms with van der Waals surface area (Å²) in [5.41, 5.74) is 1.48. The lowest BCUT2D eigenvalue weighted by atomic mass is 9.70. The molecule has 0 unspecified atom stereocenters. The van der Waals surface area contributed by atoms with Gasteiger partial charge in [-0.25, -0.2) is 4.79 Å². The molecular weight excluding hydrogens is 604 g/mol. The first-order valence-electron chi connectivity index (χ1n) is 16.6. The summed E-state index contributed by atoms with van der Waals surface area (Å²) in [7, 11) is 1.75. The molecule has 2 aliphatic heterocycles. The highest BCUT2D eigenvalue weighted by molar-refractivity contribution is 6.30. The van der Waals surface area contributed by atoms with Crippen molar-refractivity contribution < 1.29 is 28.9 Å². The fraction of sp³-hybridized carbons (Fsp3) is 0.568. The van der Waals surface area contributed by atoms with Crippen molar-refractivity contribution in [3.05, 3.63) is 70.3 Å². The first-order chi connectivity index (χ1) is 21.9.